The molecular weight excluding hydrogens is 284 g/mol. The molecule has 0 bridgehead atoms. The minimum Gasteiger partial charge on any atom is -0.491 e. The van der Waals surface area contributed by atoms with Crippen LogP contribution in [0.5, 0.6) is 5.75 Å². The highest BCUT2D eigenvalue weighted by atomic mass is 35.5. The molecule has 0 heterocycles. The van der Waals surface area contributed by atoms with E-state index in [0.29, 0.717) is 42.8 Å². The highest BCUT2D eigenvalue weighted by molar-refractivity contribution is 6.32. The lowest BCUT2D eigenvalue weighted by Gasteiger charge is -2.10. The summed E-state index contributed by atoms with van der Waals surface area (Å²) in [4.78, 5) is 10.6. The first-order valence-corrected chi connectivity index (χ1v) is 6.42. The van der Waals surface area contributed by atoms with E-state index in [4.69, 9.17) is 30.9 Å². The molecule has 0 saturated carbocycles. The molecule has 0 radical (unpaired) electrons. The third kappa shape index (κ3) is 6.06. The van der Waals surface area contributed by atoms with Gasteiger partial charge in [0.2, 0.25) is 0 Å². The fraction of sp³-hybridized carbons (Fsp3) is 0.357. The summed E-state index contributed by atoms with van der Waals surface area (Å²) in [7, 11) is 1.60. The highest BCUT2D eigenvalue weighted by Gasteiger charge is 2.05. The average molecular weight is 301 g/mol. The van der Waals surface area contributed by atoms with E-state index in [1.54, 1.807) is 25.3 Å². The molecule has 0 unspecified atom stereocenters. The number of carboxylic acids is 1. The van der Waals surface area contributed by atoms with E-state index in [-0.39, 0.29) is 0 Å². The second-order valence-corrected chi connectivity index (χ2v) is 4.18. The Morgan fingerprint density at radius 1 is 1.30 bits per heavy atom. The van der Waals surface area contributed by atoms with Gasteiger partial charge in [-0.15, -0.1) is 0 Å². The molecule has 20 heavy (non-hydrogen) atoms. The van der Waals surface area contributed by atoms with Crippen molar-refractivity contribution >= 4 is 23.6 Å². The van der Waals surface area contributed by atoms with Crippen molar-refractivity contribution in [3.8, 4) is 5.75 Å². The summed E-state index contributed by atoms with van der Waals surface area (Å²) in [6.07, 6.45) is 2.43. The summed E-state index contributed by atoms with van der Waals surface area (Å²) in [5.74, 6) is -0.524. The predicted octanol–water partition coefficient (Wildman–Crippen LogP) is 2.48. The number of methoxy groups -OCH3 is 1. The summed E-state index contributed by atoms with van der Waals surface area (Å²) in [5.41, 5.74) is 0.536. The number of hydrogen-bond acceptors (Lipinski definition) is 4. The molecule has 1 aromatic rings. The molecule has 0 spiro atoms. The van der Waals surface area contributed by atoms with Crippen molar-refractivity contribution in [3.05, 3.63) is 34.9 Å². The smallest absolute Gasteiger partial charge is 0.328 e. The van der Waals surface area contributed by atoms with E-state index in [2.05, 4.69) is 0 Å². The monoisotopic (exact) mass is 300 g/mol. The van der Waals surface area contributed by atoms with Gasteiger partial charge >= 0.3 is 5.97 Å². The normalized spacial score (nSPS) is 10.9. The molecule has 110 valence electrons. The van der Waals surface area contributed by atoms with Crippen LogP contribution in [0.15, 0.2) is 24.3 Å². The lowest BCUT2D eigenvalue weighted by molar-refractivity contribution is -0.131. The molecule has 1 aromatic carbocycles. The van der Waals surface area contributed by atoms with Crippen molar-refractivity contribution in [1.82, 2.24) is 0 Å². The van der Waals surface area contributed by atoms with E-state index in [9.17, 15) is 4.79 Å². The number of hydrogen-bond donors (Lipinski definition) is 1. The summed E-state index contributed by atoms with van der Waals surface area (Å²) >= 11 is 6.02. The third-order valence-corrected chi connectivity index (χ3v) is 2.65. The minimum absolute atomic E-state index is 0.345. The molecule has 0 atom stereocenters. The van der Waals surface area contributed by atoms with Crippen LogP contribution in [0.25, 0.3) is 6.08 Å². The van der Waals surface area contributed by atoms with Crippen LogP contribution in [-0.4, -0.2) is 44.6 Å². The Labute approximate surface area is 122 Å². The first kappa shape index (κ1) is 16.5. The molecule has 5 nitrogen and oxygen atoms in total. The van der Waals surface area contributed by atoms with Crippen molar-refractivity contribution in [3.63, 3.8) is 0 Å². The Morgan fingerprint density at radius 2 is 2.05 bits per heavy atom. The van der Waals surface area contributed by atoms with Gasteiger partial charge in [-0.25, -0.2) is 4.79 Å². The summed E-state index contributed by atoms with van der Waals surface area (Å²) in [5, 5.41) is 9.08. The van der Waals surface area contributed by atoms with Crippen LogP contribution in [0.4, 0.5) is 0 Å². The Hall–Kier alpha value is -1.56. The fourth-order valence-electron chi connectivity index (χ4n) is 1.41. The van der Waals surface area contributed by atoms with Gasteiger partial charge in [0, 0.05) is 18.7 Å². The van der Waals surface area contributed by atoms with Gasteiger partial charge in [0.05, 0.1) is 24.8 Å². The Kier molecular flexibility index (Phi) is 7.72. The first-order valence-electron chi connectivity index (χ1n) is 6.04. The van der Waals surface area contributed by atoms with Gasteiger partial charge in [-0.2, -0.15) is 0 Å². The summed E-state index contributed by atoms with van der Waals surface area (Å²) in [6, 6.07) is 5.13. The van der Waals surface area contributed by atoms with E-state index in [1.807, 2.05) is 0 Å². The second kappa shape index (κ2) is 9.36. The molecule has 1 rings (SSSR count). The number of benzene rings is 1. The predicted molar refractivity (Wildman–Crippen MR) is 76.3 cm³/mol. The van der Waals surface area contributed by atoms with E-state index < -0.39 is 5.97 Å². The second-order valence-electron chi connectivity index (χ2n) is 3.78. The topological polar surface area (TPSA) is 65.0 Å². The molecule has 0 aliphatic rings. The largest absolute Gasteiger partial charge is 0.491 e. The van der Waals surface area contributed by atoms with Crippen molar-refractivity contribution in [2.24, 2.45) is 0 Å². The molecule has 0 amide bonds. The highest BCUT2D eigenvalue weighted by Crippen LogP contribution is 2.27. The minimum atomic E-state index is -1.04. The molecule has 0 aromatic heterocycles. The molecule has 0 aliphatic carbocycles. The number of ether oxygens (including phenoxy) is 3. The molecule has 6 heteroatoms. The van der Waals surface area contributed by atoms with Crippen molar-refractivity contribution in [2.45, 2.75) is 0 Å². The quantitative estimate of drug-likeness (QED) is 0.560. The maximum atomic E-state index is 10.6. The molecule has 1 N–H and O–H groups in total. The molecule has 0 fully saturated rings. The van der Waals surface area contributed by atoms with Crippen LogP contribution in [0, 0.1) is 0 Å². The number of carbonyl (C=O) groups is 1. The first-order chi connectivity index (χ1) is 9.65. The number of halogens is 1. The van der Waals surface area contributed by atoms with Crippen LogP contribution in [-0.2, 0) is 14.3 Å². The van der Waals surface area contributed by atoms with Gasteiger partial charge in [-0.05, 0) is 18.2 Å². The van der Waals surface area contributed by atoms with Crippen LogP contribution in [0.2, 0.25) is 5.02 Å². The molecule has 0 aliphatic heterocycles. The Bertz CT molecular complexity index is 459. The van der Waals surface area contributed by atoms with Gasteiger partial charge in [0.1, 0.15) is 12.4 Å². The zero-order valence-electron chi connectivity index (χ0n) is 11.2. The van der Waals surface area contributed by atoms with Crippen molar-refractivity contribution in [1.29, 1.82) is 0 Å². The fourth-order valence-corrected chi connectivity index (χ4v) is 1.64. The Morgan fingerprint density at radius 3 is 2.75 bits per heavy atom. The summed E-state index contributed by atoms with van der Waals surface area (Å²) < 4.78 is 15.7. The zero-order chi connectivity index (χ0) is 14.8. The van der Waals surface area contributed by atoms with Crippen LogP contribution >= 0.6 is 11.6 Å². The molecule has 0 saturated heterocycles. The molecular formula is C14H17ClO5. The van der Waals surface area contributed by atoms with Gasteiger partial charge in [-0.1, -0.05) is 17.7 Å². The van der Waals surface area contributed by atoms with Crippen molar-refractivity contribution < 1.29 is 24.1 Å². The van der Waals surface area contributed by atoms with E-state index in [1.165, 1.54) is 6.08 Å². The third-order valence-electron chi connectivity index (χ3n) is 2.32. The van der Waals surface area contributed by atoms with Crippen molar-refractivity contribution in [2.75, 3.05) is 33.5 Å². The standard InChI is InChI=1S/C14H17ClO5/c1-18-7-8-19-9-10-20-13-4-2-3-12(15)11(13)5-6-14(16)17/h2-6H,7-10H2,1H3,(H,16,17)/b6-5+. The maximum Gasteiger partial charge on any atom is 0.328 e. The number of aliphatic carboxylic acids is 1. The SMILES string of the molecule is COCCOCCOc1cccc(Cl)c1/C=C/C(=O)O. The Balaban J connectivity index is 2.56. The lowest BCUT2D eigenvalue weighted by Crippen LogP contribution is -2.10. The van der Waals surface area contributed by atoms with Gasteiger partial charge < -0.3 is 19.3 Å². The van der Waals surface area contributed by atoms with Gasteiger partial charge in [0.15, 0.2) is 0 Å². The lowest BCUT2D eigenvalue weighted by atomic mass is 10.2. The van der Waals surface area contributed by atoms with Crippen LogP contribution < -0.4 is 4.74 Å². The average Bonchev–Trinajstić information content (AvgIpc) is 2.41. The van der Waals surface area contributed by atoms with Crippen LogP contribution in [0.3, 0.4) is 0 Å². The maximum absolute atomic E-state index is 10.6. The summed E-state index contributed by atoms with van der Waals surface area (Å²) in [6.45, 7) is 1.79. The zero-order valence-corrected chi connectivity index (χ0v) is 11.9. The number of rotatable bonds is 9. The number of carboxylic acid groups (broad SMARTS) is 1. The van der Waals surface area contributed by atoms with E-state index >= 15 is 0 Å². The van der Waals surface area contributed by atoms with Gasteiger partial charge in [-0.3, -0.25) is 0 Å². The van der Waals surface area contributed by atoms with E-state index in [0.717, 1.165) is 6.08 Å². The van der Waals surface area contributed by atoms with Crippen LogP contribution in [0.1, 0.15) is 5.56 Å². The van der Waals surface area contributed by atoms with Gasteiger partial charge in [0.25, 0.3) is 0 Å².